The summed E-state index contributed by atoms with van der Waals surface area (Å²) in [7, 11) is 3.89. The minimum atomic E-state index is 0.158. The van der Waals surface area contributed by atoms with Gasteiger partial charge in [-0.15, -0.1) is 11.3 Å². The minimum Gasteiger partial charge on any atom is -0.499 e. The number of thiazole rings is 1. The van der Waals surface area contributed by atoms with Gasteiger partial charge in [0.1, 0.15) is 5.76 Å². The van der Waals surface area contributed by atoms with Gasteiger partial charge in [0.05, 0.1) is 30.9 Å². The van der Waals surface area contributed by atoms with Gasteiger partial charge in [0.25, 0.3) is 0 Å². The van der Waals surface area contributed by atoms with Gasteiger partial charge >= 0.3 is 0 Å². The second-order valence-corrected chi connectivity index (χ2v) is 10.3. The number of ether oxygens (including phenoxy) is 1. The van der Waals surface area contributed by atoms with E-state index in [1.54, 1.807) is 7.11 Å². The van der Waals surface area contributed by atoms with Crippen LogP contribution in [0.5, 0.6) is 0 Å². The minimum absolute atomic E-state index is 0.158. The van der Waals surface area contributed by atoms with Crippen molar-refractivity contribution >= 4 is 16.5 Å². The second kappa shape index (κ2) is 9.72. The highest BCUT2D eigenvalue weighted by atomic mass is 32.1. The fraction of sp³-hybridized carbons (Fsp3) is 0.481. The Hall–Kier alpha value is -2.60. The summed E-state index contributed by atoms with van der Waals surface area (Å²) in [5, 5.41) is 1.08. The van der Waals surface area contributed by atoms with Crippen molar-refractivity contribution in [1.29, 1.82) is 0 Å². The van der Waals surface area contributed by atoms with Crippen molar-refractivity contribution in [3.05, 3.63) is 76.2 Å². The van der Waals surface area contributed by atoms with E-state index in [9.17, 15) is 0 Å². The zero-order valence-corrected chi connectivity index (χ0v) is 20.8. The Morgan fingerprint density at radius 1 is 1.27 bits per heavy atom. The van der Waals surface area contributed by atoms with E-state index >= 15 is 0 Å². The summed E-state index contributed by atoms with van der Waals surface area (Å²) < 4.78 is 7.98. The molecule has 0 bridgehead atoms. The lowest BCUT2D eigenvalue weighted by Crippen LogP contribution is -2.21. The van der Waals surface area contributed by atoms with Gasteiger partial charge in [0.15, 0.2) is 5.13 Å². The molecular weight excluding hydrogens is 428 g/mol. The molecule has 0 aliphatic heterocycles. The van der Waals surface area contributed by atoms with E-state index in [0.29, 0.717) is 5.92 Å². The van der Waals surface area contributed by atoms with E-state index in [0.717, 1.165) is 48.0 Å². The number of methoxy groups -OCH3 is 1. The second-order valence-electron chi connectivity index (χ2n) is 9.20. The van der Waals surface area contributed by atoms with Crippen molar-refractivity contribution in [2.45, 2.75) is 64.3 Å². The zero-order valence-electron chi connectivity index (χ0n) is 20.0. The van der Waals surface area contributed by atoms with Crippen molar-refractivity contribution < 1.29 is 4.74 Å². The number of aryl methyl sites for hydroxylation is 2. The van der Waals surface area contributed by atoms with Crippen molar-refractivity contribution in [2.75, 3.05) is 19.1 Å². The molecule has 2 heterocycles. The number of imidazole rings is 1. The van der Waals surface area contributed by atoms with E-state index in [1.807, 2.05) is 17.7 Å². The van der Waals surface area contributed by atoms with Crippen molar-refractivity contribution in [3.8, 4) is 0 Å². The van der Waals surface area contributed by atoms with Crippen LogP contribution in [0.3, 0.4) is 0 Å². The number of nitrogens with zero attached hydrogens (tertiary/aromatic N) is 4. The first-order valence-corrected chi connectivity index (χ1v) is 13.0. The van der Waals surface area contributed by atoms with Crippen molar-refractivity contribution in [1.82, 2.24) is 14.5 Å². The van der Waals surface area contributed by atoms with Crippen LogP contribution in [0, 0.1) is 5.92 Å². The first-order chi connectivity index (χ1) is 16.2. The normalized spacial score (nSPS) is 22.7. The molecule has 0 amide bonds. The van der Waals surface area contributed by atoms with Crippen LogP contribution in [-0.2, 0) is 24.0 Å². The number of hydrogen-bond acceptors (Lipinski definition) is 5. The lowest BCUT2D eigenvalue weighted by atomic mass is 9.88. The summed E-state index contributed by atoms with van der Waals surface area (Å²) in [6, 6.07) is 0.158. The van der Waals surface area contributed by atoms with Gasteiger partial charge in [0.2, 0.25) is 0 Å². The summed E-state index contributed by atoms with van der Waals surface area (Å²) >= 11 is 1.86. The fourth-order valence-electron chi connectivity index (χ4n) is 5.12. The number of hydrogen-bond donors (Lipinski definition) is 0. The Morgan fingerprint density at radius 2 is 2.18 bits per heavy atom. The van der Waals surface area contributed by atoms with Crippen LogP contribution in [-0.4, -0.2) is 28.7 Å². The number of fused-ring (bicyclic) bond motifs is 1. The average Bonchev–Trinajstić information content (AvgIpc) is 3.46. The molecule has 0 N–H and O–H groups in total. The van der Waals surface area contributed by atoms with Crippen LogP contribution in [0.4, 0.5) is 5.13 Å². The lowest BCUT2D eigenvalue weighted by molar-refractivity contribution is 0.238. The third-order valence-electron chi connectivity index (χ3n) is 7.11. The molecule has 0 saturated heterocycles. The molecule has 33 heavy (non-hydrogen) atoms. The Kier molecular flexibility index (Phi) is 6.54. The molecule has 0 aromatic carbocycles. The molecular formula is C27H34N4OS. The quantitative estimate of drug-likeness (QED) is 0.482. The highest BCUT2D eigenvalue weighted by Crippen LogP contribution is 2.38. The smallest absolute Gasteiger partial charge is 0.190 e. The van der Waals surface area contributed by atoms with Crippen LogP contribution in [0.15, 0.2) is 59.9 Å². The summed E-state index contributed by atoms with van der Waals surface area (Å²) in [6.45, 7) is 2.13. The molecule has 0 spiro atoms. The maximum Gasteiger partial charge on any atom is 0.190 e. The van der Waals surface area contributed by atoms with E-state index < -0.39 is 0 Å². The topological polar surface area (TPSA) is 43.2 Å². The lowest BCUT2D eigenvalue weighted by Gasteiger charge is -2.27. The molecule has 0 radical (unpaired) electrons. The number of rotatable bonds is 6. The molecule has 2 aromatic heterocycles. The third-order valence-corrected chi connectivity index (χ3v) is 8.35. The van der Waals surface area contributed by atoms with E-state index in [4.69, 9.17) is 9.72 Å². The molecule has 6 heteroatoms. The van der Waals surface area contributed by atoms with Gasteiger partial charge in [-0.05, 0) is 62.9 Å². The number of anilines is 1. The molecule has 2 atom stereocenters. The maximum absolute atomic E-state index is 5.81. The van der Waals surface area contributed by atoms with Gasteiger partial charge in [-0.2, -0.15) is 0 Å². The number of likely N-dealkylation sites (N-methyl/N-ethyl adjacent to an activating group) is 1. The Morgan fingerprint density at radius 3 is 2.94 bits per heavy atom. The first kappa shape index (κ1) is 22.2. The van der Waals surface area contributed by atoms with Crippen LogP contribution in [0.25, 0.3) is 0 Å². The molecule has 174 valence electrons. The Bertz CT molecular complexity index is 1120. The maximum atomic E-state index is 5.81. The van der Waals surface area contributed by atoms with Crippen LogP contribution < -0.4 is 4.90 Å². The molecule has 0 fully saturated rings. The molecule has 0 saturated carbocycles. The van der Waals surface area contributed by atoms with E-state index in [2.05, 4.69) is 65.0 Å². The highest BCUT2D eigenvalue weighted by Gasteiger charge is 2.26. The third kappa shape index (κ3) is 4.58. The molecule has 2 unspecified atom stereocenters. The average molecular weight is 463 g/mol. The molecule has 5 nitrogen and oxygen atoms in total. The summed E-state index contributed by atoms with van der Waals surface area (Å²) in [5.74, 6) is 1.58. The van der Waals surface area contributed by atoms with Crippen LogP contribution in [0.1, 0.15) is 61.3 Å². The zero-order chi connectivity index (χ0) is 22.8. The number of aromatic nitrogens is 3. The molecule has 3 aliphatic carbocycles. The molecule has 2 aromatic rings. The van der Waals surface area contributed by atoms with Gasteiger partial charge in [-0.3, -0.25) is 0 Å². The standard InChI is InChI=1S/C27H34N4OS/c1-4-21-17-31(18-28-21)24-14-13-22(16-25(24)32-3)30(2)27-29-23-15-20(11-8-12-26(23)33-27)19-9-6-5-7-10-19/h6,9-10,13,16-18,20,24H,4-5,7-8,11-12,14-15H2,1-3H3. The van der Waals surface area contributed by atoms with Gasteiger partial charge in [-0.25, -0.2) is 9.97 Å². The summed E-state index contributed by atoms with van der Waals surface area (Å²) in [4.78, 5) is 13.3. The Labute approximate surface area is 201 Å². The monoisotopic (exact) mass is 462 g/mol. The highest BCUT2D eigenvalue weighted by molar-refractivity contribution is 7.15. The molecule has 5 rings (SSSR count). The van der Waals surface area contributed by atoms with Crippen LogP contribution in [0.2, 0.25) is 0 Å². The number of allylic oxidation sites excluding steroid dienone is 7. The predicted octanol–water partition coefficient (Wildman–Crippen LogP) is 6.17. The Balaban J connectivity index is 1.34. The summed E-state index contributed by atoms with van der Waals surface area (Å²) in [5.41, 5.74) is 5.09. The fourth-order valence-corrected chi connectivity index (χ4v) is 6.23. The van der Waals surface area contributed by atoms with E-state index in [-0.39, 0.29) is 6.04 Å². The van der Waals surface area contributed by atoms with E-state index in [1.165, 1.54) is 41.8 Å². The van der Waals surface area contributed by atoms with Crippen molar-refractivity contribution in [2.24, 2.45) is 5.92 Å². The first-order valence-electron chi connectivity index (χ1n) is 12.2. The van der Waals surface area contributed by atoms with Crippen molar-refractivity contribution in [3.63, 3.8) is 0 Å². The van der Waals surface area contributed by atoms with Crippen LogP contribution >= 0.6 is 11.3 Å². The predicted molar refractivity (Wildman–Crippen MR) is 136 cm³/mol. The SMILES string of the molecule is CCc1cn(C2CC=C(N(C)c3nc4c(s3)CCCC(C3=CCCC=C3)C4)C=C2OC)cn1. The van der Waals surface area contributed by atoms with Gasteiger partial charge in [-0.1, -0.05) is 31.2 Å². The van der Waals surface area contributed by atoms with Gasteiger partial charge in [0, 0.05) is 29.9 Å². The summed E-state index contributed by atoms with van der Waals surface area (Å²) in [6.07, 6.45) is 24.5. The van der Waals surface area contributed by atoms with Gasteiger partial charge < -0.3 is 14.2 Å². The molecule has 3 aliphatic rings. The largest absolute Gasteiger partial charge is 0.499 e.